The zero-order chi connectivity index (χ0) is 20.0. The number of amides is 3. The van der Waals surface area contributed by atoms with Crippen LogP contribution in [0.25, 0.3) is 11.0 Å². The van der Waals surface area contributed by atoms with Crippen molar-refractivity contribution in [3.05, 3.63) is 65.5 Å². The van der Waals surface area contributed by atoms with Crippen LogP contribution in [0.4, 0.5) is 0 Å². The van der Waals surface area contributed by atoms with E-state index in [1.54, 1.807) is 16.8 Å². The maximum Gasteiger partial charge on any atom is 0.270 e. The van der Waals surface area contributed by atoms with Crippen molar-refractivity contribution >= 4 is 28.8 Å². The van der Waals surface area contributed by atoms with E-state index in [1.807, 2.05) is 24.3 Å². The van der Waals surface area contributed by atoms with E-state index in [2.05, 4.69) is 10.4 Å². The first kappa shape index (κ1) is 17.6. The quantitative estimate of drug-likeness (QED) is 0.698. The van der Waals surface area contributed by atoms with Crippen molar-refractivity contribution in [2.75, 3.05) is 5.43 Å². The van der Waals surface area contributed by atoms with Gasteiger partial charge in [0.1, 0.15) is 6.33 Å². The molecule has 1 aliphatic heterocycles. The summed E-state index contributed by atoms with van der Waals surface area (Å²) in [5.41, 5.74) is 5.34. The Morgan fingerprint density at radius 1 is 0.966 bits per heavy atom. The summed E-state index contributed by atoms with van der Waals surface area (Å²) >= 11 is 0. The summed E-state index contributed by atoms with van der Waals surface area (Å²) in [6, 6.07) is 12.1. The summed E-state index contributed by atoms with van der Waals surface area (Å²) in [7, 11) is 0. The number of para-hydroxylation sites is 2. The Balaban J connectivity index is 1.41. The fraction of sp³-hybridized carbons (Fsp3) is 0.273. The van der Waals surface area contributed by atoms with Gasteiger partial charge in [0.05, 0.1) is 22.2 Å². The van der Waals surface area contributed by atoms with Crippen LogP contribution in [0.15, 0.2) is 48.8 Å². The van der Waals surface area contributed by atoms with E-state index < -0.39 is 0 Å². The van der Waals surface area contributed by atoms with Crippen LogP contribution < -0.4 is 5.43 Å². The molecule has 7 heteroatoms. The summed E-state index contributed by atoms with van der Waals surface area (Å²) in [5, 5.41) is 0. The molecule has 0 bridgehead atoms. The largest absolute Gasteiger partial charge is 0.271 e. The van der Waals surface area contributed by atoms with Crippen molar-refractivity contribution in [3.8, 4) is 0 Å². The van der Waals surface area contributed by atoms with Crippen LogP contribution in [0.3, 0.4) is 0 Å². The number of imidazole rings is 1. The summed E-state index contributed by atoms with van der Waals surface area (Å²) in [5.74, 6) is -0.906. The second-order valence-electron chi connectivity index (χ2n) is 7.58. The highest BCUT2D eigenvalue weighted by Crippen LogP contribution is 2.31. The molecule has 0 atom stereocenters. The minimum absolute atomic E-state index is 0.0364. The van der Waals surface area contributed by atoms with Gasteiger partial charge >= 0.3 is 0 Å². The second-order valence-corrected chi connectivity index (χ2v) is 7.58. The molecule has 3 amide bonds. The van der Waals surface area contributed by atoms with Crippen molar-refractivity contribution in [1.82, 2.24) is 14.6 Å². The number of nitrogens with one attached hydrogen (secondary N) is 1. The molecule has 0 unspecified atom stereocenters. The van der Waals surface area contributed by atoms with Crippen LogP contribution >= 0.6 is 0 Å². The lowest BCUT2D eigenvalue weighted by Crippen LogP contribution is -2.40. The van der Waals surface area contributed by atoms with Gasteiger partial charge in [0, 0.05) is 11.6 Å². The molecule has 2 aliphatic rings. The summed E-state index contributed by atoms with van der Waals surface area (Å²) in [6.07, 6.45) is 6.45. The van der Waals surface area contributed by atoms with E-state index in [-0.39, 0.29) is 23.8 Å². The van der Waals surface area contributed by atoms with E-state index in [1.165, 1.54) is 17.3 Å². The van der Waals surface area contributed by atoms with Crippen LogP contribution in [-0.2, 0) is 0 Å². The number of fused-ring (bicyclic) bond motifs is 2. The topological polar surface area (TPSA) is 84.3 Å². The fourth-order valence-corrected chi connectivity index (χ4v) is 4.29. The van der Waals surface area contributed by atoms with Gasteiger partial charge in [0.2, 0.25) is 0 Å². The molecule has 1 aliphatic carbocycles. The van der Waals surface area contributed by atoms with Crippen LogP contribution in [0.1, 0.15) is 63.2 Å². The molecule has 0 saturated heterocycles. The first-order chi connectivity index (χ1) is 14.1. The Bertz CT molecular complexity index is 1140. The van der Waals surface area contributed by atoms with Gasteiger partial charge < -0.3 is 0 Å². The molecule has 5 rings (SSSR count). The van der Waals surface area contributed by atoms with Gasteiger partial charge in [-0.3, -0.25) is 24.7 Å². The lowest BCUT2D eigenvalue weighted by molar-refractivity contribution is 0.0549. The van der Waals surface area contributed by atoms with Crippen LogP contribution in [0.5, 0.6) is 0 Å². The second kappa shape index (κ2) is 6.84. The number of nitrogens with zero attached hydrogens (tertiary/aromatic N) is 3. The van der Waals surface area contributed by atoms with Gasteiger partial charge in [0.25, 0.3) is 17.7 Å². The Morgan fingerprint density at radius 3 is 2.55 bits per heavy atom. The average molecular weight is 388 g/mol. The molecule has 1 saturated carbocycles. The number of benzene rings is 2. The Kier molecular flexibility index (Phi) is 4.16. The molecule has 0 spiro atoms. The normalized spacial score (nSPS) is 17.0. The maximum absolute atomic E-state index is 12.9. The number of hydrogen-bond acceptors (Lipinski definition) is 4. The Labute approximate surface area is 167 Å². The minimum Gasteiger partial charge on any atom is -0.271 e. The number of carbonyl (C=O) groups is 3. The van der Waals surface area contributed by atoms with Crippen molar-refractivity contribution in [2.24, 2.45) is 0 Å². The van der Waals surface area contributed by atoms with Gasteiger partial charge in [-0.15, -0.1) is 0 Å². The fourth-order valence-electron chi connectivity index (χ4n) is 4.29. The van der Waals surface area contributed by atoms with E-state index in [9.17, 15) is 14.4 Å². The van der Waals surface area contributed by atoms with Crippen molar-refractivity contribution < 1.29 is 14.4 Å². The zero-order valence-corrected chi connectivity index (χ0v) is 15.8. The van der Waals surface area contributed by atoms with Crippen molar-refractivity contribution in [1.29, 1.82) is 0 Å². The molecule has 3 aromatic rings. The molecule has 146 valence electrons. The van der Waals surface area contributed by atoms with E-state index in [0.29, 0.717) is 16.7 Å². The third-order valence-corrected chi connectivity index (χ3v) is 5.80. The molecule has 0 radical (unpaired) electrons. The van der Waals surface area contributed by atoms with Gasteiger partial charge in [-0.1, -0.05) is 31.4 Å². The number of rotatable bonds is 3. The molecule has 1 fully saturated rings. The Morgan fingerprint density at radius 2 is 1.72 bits per heavy atom. The van der Waals surface area contributed by atoms with Crippen LogP contribution in [0, 0.1) is 0 Å². The summed E-state index contributed by atoms with van der Waals surface area (Å²) in [4.78, 5) is 44.1. The molecule has 2 heterocycles. The highest BCUT2D eigenvalue weighted by atomic mass is 16.2. The van der Waals surface area contributed by atoms with Gasteiger partial charge in [-0.2, -0.15) is 0 Å². The molecule has 7 nitrogen and oxygen atoms in total. The number of aromatic nitrogens is 2. The van der Waals surface area contributed by atoms with E-state index in [4.69, 9.17) is 0 Å². The summed E-state index contributed by atoms with van der Waals surface area (Å²) < 4.78 is 1.55. The summed E-state index contributed by atoms with van der Waals surface area (Å²) in [6.45, 7) is 0. The lowest BCUT2D eigenvalue weighted by Gasteiger charge is -2.29. The molecule has 1 aromatic heterocycles. The van der Waals surface area contributed by atoms with Crippen molar-refractivity contribution in [3.63, 3.8) is 0 Å². The third-order valence-electron chi connectivity index (χ3n) is 5.80. The third kappa shape index (κ3) is 2.90. The van der Waals surface area contributed by atoms with Gasteiger partial charge in [-0.25, -0.2) is 9.66 Å². The standard InChI is InChI=1S/C22H20N4O3/c27-20(24-25-13-23-18-8-4-5-9-19(18)25)14-10-11-16-17(12-14)22(29)26(21(16)28)15-6-2-1-3-7-15/h4-5,8-13,15H,1-3,6-7H2,(H,24,27). The van der Waals surface area contributed by atoms with Gasteiger partial charge in [-0.05, 0) is 43.2 Å². The van der Waals surface area contributed by atoms with Crippen molar-refractivity contribution in [2.45, 2.75) is 38.1 Å². The molecule has 1 N–H and O–H groups in total. The van der Waals surface area contributed by atoms with Gasteiger partial charge in [0.15, 0.2) is 0 Å². The lowest BCUT2D eigenvalue weighted by atomic mass is 9.94. The molecular formula is C22H20N4O3. The number of carbonyl (C=O) groups excluding carboxylic acids is 3. The maximum atomic E-state index is 12.9. The molecule has 29 heavy (non-hydrogen) atoms. The SMILES string of the molecule is O=C(Nn1cnc2ccccc21)c1ccc2c(c1)C(=O)N(C1CCCCC1)C2=O. The van der Waals surface area contributed by atoms with E-state index in [0.717, 1.165) is 43.1 Å². The van der Waals surface area contributed by atoms with Crippen LogP contribution in [-0.4, -0.2) is 38.3 Å². The average Bonchev–Trinajstić information content (AvgIpc) is 3.27. The van der Waals surface area contributed by atoms with Crippen LogP contribution in [0.2, 0.25) is 0 Å². The van der Waals surface area contributed by atoms with E-state index >= 15 is 0 Å². The Hall–Kier alpha value is -3.48. The predicted molar refractivity (Wildman–Crippen MR) is 107 cm³/mol. The minimum atomic E-state index is -0.368. The highest BCUT2D eigenvalue weighted by Gasteiger charge is 2.40. The smallest absolute Gasteiger partial charge is 0.270 e. The first-order valence-electron chi connectivity index (χ1n) is 9.89. The first-order valence-corrected chi connectivity index (χ1v) is 9.89. The highest BCUT2D eigenvalue weighted by molar-refractivity contribution is 6.22. The molecule has 2 aromatic carbocycles. The number of imide groups is 1. The predicted octanol–water partition coefficient (Wildman–Crippen LogP) is 3.35. The zero-order valence-electron chi connectivity index (χ0n) is 15.8. The number of hydrogen-bond donors (Lipinski definition) is 1. The molecular weight excluding hydrogens is 368 g/mol. The monoisotopic (exact) mass is 388 g/mol.